The highest BCUT2D eigenvalue weighted by atomic mass is 32.1. The van der Waals surface area contributed by atoms with Crippen LogP contribution < -0.4 is 16.6 Å². The molecule has 0 aliphatic heterocycles. The first-order valence-electron chi connectivity index (χ1n) is 7.70. The van der Waals surface area contributed by atoms with Gasteiger partial charge in [-0.1, -0.05) is 11.3 Å². The minimum atomic E-state index is -0.846. The third kappa shape index (κ3) is 5.60. The number of esters is 2. The van der Waals surface area contributed by atoms with Crippen molar-refractivity contribution in [2.24, 2.45) is 0 Å². The summed E-state index contributed by atoms with van der Waals surface area (Å²) in [6.07, 6.45) is 1.14. The minimum Gasteiger partial charge on any atom is -0.462 e. The topological polar surface area (TPSA) is 149 Å². The molecule has 0 unspecified atom stereocenters. The smallest absolute Gasteiger partial charge is 0.350 e. The number of aromatic amines is 1. The molecule has 2 N–H and O–H groups in total. The van der Waals surface area contributed by atoms with Crippen LogP contribution in [-0.2, 0) is 25.6 Å². The van der Waals surface area contributed by atoms with Gasteiger partial charge in [0.15, 0.2) is 11.7 Å². The molecule has 0 bridgehead atoms. The fraction of sp³-hybridized carbons (Fsp3) is 0.333. The van der Waals surface area contributed by atoms with Crippen LogP contribution in [0.25, 0.3) is 0 Å². The number of nitrogens with zero attached hydrogens (tertiary/aromatic N) is 2. The molecule has 2 heterocycles. The average molecular weight is 396 g/mol. The first kappa shape index (κ1) is 20.0. The van der Waals surface area contributed by atoms with E-state index in [0.717, 1.165) is 28.2 Å². The first-order chi connectivity index (χ1) is 12.8. The Morgan fingerprint density at radius 1 is 1.30 bits per heavy atom. The number of hydrogen-bond donors (Lipinski definition) is 2. The lowest BCUT2D eigenvalue weighted by Crippen LogP contribution is -2.32. The third-order valence-corrected chi connectivity index (χ3v) is 4.12. The number of aryl methyl sites for hydroxylation is 1. The number of carbonyl (C=O) groups is 3. The van der Waals surface area contributed by atoms with E-state index in [4.69, 9.17) is 9.47 Å². The first-order valence-corrected chi connectivity index (χ1v) is 8.51. The van der Waals surface area contributed by atoms with Gasteiger partial charge >= 0.3 is 17.6 Å². The molecule has 0 radical (unpaired) electrons. The Labute approximate surface area is 156 Å². The number of rotatable bonds is 7. The second kappa shape index (κ2) is 8.89. The van der Waals surface area contributed by atoms with Crippen LogP contribution in [0.15, 0.2) is 21.9 Å². The number of ether oxygens (including phenoxy) is 2. The second-order valence-electron chi connectivity index (χ2n) is 5.10. The van der Waals surface area contributed by atoms with E-state index in [1.807, 2.05) is 4.98 Å². The number of H-pyrrole nitrogens is 1. The summed E-state index contributed by atoms with van der Waals surface area (Å²) in [4.78, 5) is 64.0. The van der Waals surface area contributed by atoms with Crippen LogP contribution in [0.5, 0.6) is 0 Å². The summed E-state index contributed by atoms with van der Waals surface area (Å²) in [5.74, 6) is -2.05. The van der Waals surface area contributed by atoms with Crippen LogP contribution in [0, 0.1) is 6.92 Å². The summed E-state index contributed by atoms with van der Waals surface area (Å²) < 4.78 is 10.6. The van der Waals surface area contributed by atoms with Crippen molar-refractivity contribution in [3.8, 4) is 0 Å². The van der Waals surface area contributed by atoms with E-state index in [0.29, 0.717) is 5.69 Å². The van der Waals surface area contributed by atoms with Crippen LogP contribution in [0.1, 0.15) is 22.3 Å². The normalized spacial score (nSPS) is 10.3. The maximum Gasteiger partial charge on any atom is 0.350 e. The van der Waals surface area contributed by atoms with Gasteiger partial charge in [0.2, 0.25) is 0 Å². The predicted molar refractivity (Wildman–Crippen MR) is 93.7 cm³/mol. The second-order valence-corrected chi connectivity index (χ2v) is 6.10. The molecule has 2 aromatic rings. The fourth-order valence-electron chi connectivity index (χ4n) is 1.89. The highest BCUT2D eigenvalue weighted by Crippen LogP contribution is 2.23. The van der Waals surface area contributed by atoms with Crippen LogP contribution in [0.4, 0.5) is 5.13 Å². The maximum atomic E-state index is 11.8. The summed E-state index contributed by atoms with van der Waals surface area (Å²) in [6.45, 7) is 2.41. The van der Waals surface area contributed by atoms with Gasteiger partial charge in [0.1, 0.15) is 11.4 Å². The molecule has 144 valence electrons. The van der Waals surface area contributed by atoms with Crippen LogP contribution in [-0.4, -0.2) is 45.6 Å². The van der Waals surface area contributed by atoms with Crippen molar-refractivity contribution < 1.29 is 23.9 Å². The van der Waals surface area contributed by atoms with Gasteiger partial charge in [-0.2, -0.15) is 0 Å². The summed E-state index contributed by atoms with van der Waals surface area (Å²) in [6, 6.07) is 1.08. The molecule has 0 saturated heterocycles. The van der Waals surface area contributed by atoms with Crippen molar-refractivity contribution in [3.63, 3.8) is 0 Å². The zero-order valence-electron chi connectivity index (χ0n) is 14.4. The third-order valence-electron chi connectivity index (χ3n) is 3.06. The van der Waals surface area contributed by atoms with Crippen LogP contribution in [0.3, 0.4) is 0 Å². The van der Waals surface area contributed by atoms with Crippen LogP contribution >= 0.6 is 11.3 Å². The van der Waals surface area contributed by atoms with Crippen molar-refractivity contribution in [3.05, 3.63) is 43.7 Å². The van der Waals surface area contributed by atoms with E-state index in [-0.39, 0.29) is 16.6 Å². The van der Waals surface area contributed by atoms with Crippen LogP contribution in [0.2, 0.25) is 0 Å². The molecule has 0 atom stereocenters. The lowest BCUT2D eigenvalue weighted by Gasteiger charge is -2.06. The number of hydrogen-bond acceptors (Lipinski definition) is 9. The van der Waals surface area contributed by atoms with Gasteiger partial charge in [-0.15, -0.1) is 0 Å². The van der Waals surface area contributed by atoms with E-state index >= 15 is 0 Å². The Morgan fingerprint density at radius 2 is 2.04 bits per heavy atom. The molecule has 0 spiro atoms. The minimum absolute atomic E-state index is 0.161. The largest absolute Gasteiger partial charge is 0.462 e. The van der Waals surface area contributed by atoms with Crippen molar-refractivity contribution >= 4 is 34.3 Å². The molecule has 27 heavy (non-hydrogen) atoms. The van der Waals surface area contributed by atoms with Gasteiger partial charge in [-0.05, 0) is 13.8 Å². The fourth-order valence-corrected chi connectivity index (χ4v) is 2.77. The monoisotopic (exact) mass is 396 g/mol. The summed E-state index contributed by atoms with van der Waals surface area (Å²) in [5.41, 5.74) is -0.957. The van der Waals surface area contributed by atoms with Gasteiger partial charge in [-0.3, -0.25) is 29.3 Å². The van der Waals surface area contributed by atoms with Crippen molar-refractivity contribution in [1.29, 1.82) is 0 Å². The molecule has 12 heteroatoms. The standard InChI is InChI=1S/C15H16N4O7S/c1-3-25-13(23)12-8(2)16-14(27-12)17-10(21)7-26-11(22)6-19-5-4-9(20)18-15(19)24/h4-5H,3,6-7H2,1-2H3,(H,16,17,21)(H,18,20,24). The van der Waals surface area contributed by atoms with E-state index in [1.54, 1.807) is 13.8 Å². The van der Waals surface area contributed by atoms with Gasteiger partial charge in [0.05, 0.1) is 12.3 Å². The van der Waals surface area contributed by atoms with Gasteiger partial charge in [0.25, 0.3) is 11.5 Å². The van der Waals surface area contributed by atoms with Gasteiger partial charge < -0.3 is 9.47 Å². The quantitative estimate of drug-likeness (QED) is 0.604. The molecule has 0 saturated carbocycles. The molecule has 2 aromatic heterocycles. The van der Waals surface area contributed by atoms with E-state index in [9.17, 15) is 24.0 Å². The zero-order chi connectivity index (χ0) is 20.0. The average Bonchev–Trinajstić information content (AvgIpc) is 2.96. The molecule has 11 nitrogen and oxygen atoms in total. The number of carbonyl (C=O) groups excluding carboxylic acids is 3. The Balaban J connectivity index is 1.88. The zero-order valence-corrected chi connectivity index (χ0v) is 15.3. The summed E-state index contributed by atoms with van der Waals surface area (Å²) >= 11 is 0.939. The summed E-state index contributed by atoms with van der Waals surface area (Å²) in [7, 11) is 0. The summed E-state index contributed by atoms with van der Waals surface area (Å²) in [5, 5.41) is 2.57. The van der Waals surface area contributed by atoms with E-state index in [2.05, 4.69) is 10.3 Å². The van der Waals surface area contributed by atoms with Crippen molar-refractivity contribution in [2.75, 3.05) is 18.5 Å². The van der Waals surface area contributed by atoms with Crippen molar-refractivity contribution in [1.82, 2.24) is 14.5 Å². The molecule has 2 rings (SSSR count). The Bertz CT molecular complexity index is 975. The highest BCUT2D eigenvalue weighted by molar-refractivity contribution is 7.17. The maximum absolute atomic E-state index is 11.8. The van der Waals surface area contributed by atoms with E-state index < -0.39 is 42.2 Å². The SMILES string of the molecule is CCOC(=O)c1sc(NC(=O)COC(=O)Cn2ccc(=O)[nH]c2=O)nc1C. The molecular weight excluding hydrogens is 380 g/mol. The Hall–Kier alpha value is -3.28. The molecular formula is C15H16N4O7S. The predicted octanol–water partition coefficient (Wildman–Crippen LogP) is -0.340. The van der Waals surface area contributed by atoms with Crippen molar-refractivity contribution in [2.45, 2.75) is 20.4 Å². The number of thiazole rings is 1. The Morgan fingerprint density at radius 3 is 2.70 bits per heavy atom. The molecule has 0 aliphatic rings. The number of nitrogens with one attached hydrogen (secondary N) is 2. The molecule has 1 amide bonds. The lowest BCUT2D eigenvalue weighted by molar-refractivity contribution is -0.148. The van der Waals surface area contributed by atoms with Gasteiger partial charge in [-0.25, -0.2) is 14.6 Å². The lowest BCUT2D eigenvalue weighted by atomic mass is 10.4. The Kier molecular flexibility index (Phi) is 6.60. The highest BCUT2D eigenvalue weighted by Gasteiger charge is 2.18. The molecule has 0 fully saturated rings. The number of aromatic nitrogens is 3. The van der Waals surface area contributed by atoms with E-state index in [1.165, 1.54) is 0 Å². The number of amides is 1. The molecule has 0 aliphatic carbocycles. The molecule has 0 aromatic carbocycles. The van der Waals surface area contributed by atoms with Gasteiger partial charge in [0, 0.05) is 12.3 Å². The number of anilines is 1.